The summed E-state index contributed by atoms with van der Waals surface area (Å²) in [5.74, 6) is 0.159. The van der Waals surface area contributed by atoms with Crippen LogP contribution < -0.4 is 10.2 Å². The molecule has 1 aliphatic rings. The zero-order chi connectivity index (χ0) is 26.6. The summed E-state index contributed by atoms with van der Waals surface area (Å²) >= 11 is 6.23. The topological polar surface area (TPSA) is 81.3 Å². The number of carbonyl (C=O) groups is 2. The van der Waals surface area contributed by atoms with Gasteiger partial charge in [0.1, 0.15) is 6.54 Å². The first-order valence-corrected chi connectivity index (χ1v) is 13.7. The molecule has 2 aromatic heterocycles. The zero-order valence-electron chi connectivity index (χ0n) is 21.9. The molecule has 1 aliphatic heterocycles. The van der Waals surface area contributed by atoms with E-state index in [0.717, 1.165) is 48.6 Å². The number of hydrogen-bond donors (Lipinski definition) is 2. The van der Waals surface area contributed by atoms with Gasteiger partial charge >= 0.3 is 0 Å². The fourth-order valence-electron chi connectivity index (χ4n) is 5.33. The highest BCUT2D eigenvalue weighted by atomic mass is 35.5. The van der Waals surface area contributed by atoms with Gasteiger partial charge in [-0.05, 0) is 76.4 Å². The number of hydrogen-bond acceptors (Lipinski definition) is 4. The van der Waals surface area contributed by atoms with Crippen molar-refractivity contribution in [3.05, 3.63) is 71.5 Å². The number of para-hydroxylation sites is 1. The number of carbonyl (C=O) groups excluding carboxylic acids is 2. The summed E-state index contributed by atoms with van der Waals surface area (Å²) in [4.78, 5) is 38.7. The number of rotatable bonds is 8. The van der Waals surface area contributed by atoms with Gasteiger partial charge in [0.15, 0.2) is 0 Å². The second kappa shape index (κ2) is 11.5. The number of aromatic nitrogens is 2. The van der Waals surface area contributed by atoms with Crippen molar-refractivity contribution < 1.29 is 9.59 Å². The van der Waals surface area contributed by atoms with E-state index >= 15 is 0 Å². The third-order valence-electron chi connectivity index (χ3n) is 7.58. The van der Waals surface area contributed by atoms with Gasteiger partial charge < -0.3 is 15.2 Å². The van der Waals surface area contributed by atoms with Gasteiger partial charge in [0.25, 0.3) is 5.91 Å². The Morgan fingerprint density at radius 1 is 1.16 bits per heavy atom. The van der Waals surface area contributed by atoms with Gasteiger partial charge in [0.2, 0.25) is 5.91 Å². The Bertz CT molecular complexity index is 1440. The van der Waals surface area contributed by atoms with E-state index in [4.69, 9.17) is 11.6 Å². The Kier molecular flexibility index (Phi) is 7.95. The lowest BCUT2D eigenvalue weighted by atomic mass is 9.93. The molecule has 0 aliphatic carbocycles. The normalized spacial score (nSPS) is 14.8. The molecule has 0 saturated carbocycles. The molecule has 2 amide bonds. The number of halogens is 1. The number of anilines is 1. The number of aromatic amines is 1. The fourth-order valence-corrected chi connectivity index (χ4v) is 5.54. The summed E-state index contributed by atoms with van der Waals surface area (Å²) in [6.07, 6.45) is 6.67. The Morgan fingerprint density at radius 2 is 1.95 bits per heavy atom. The van der Waals surface area contributed by atoms with Gasteiger partial charge in [-0.15, -0.1) is 0 Å². The minimum absolute atomic E-state index is 0.0934. The molecule has 1 fully saturated rings. The largest absolute Gasteiger partial charge is 0.360 e. The van der Waals surface area contributed by atoms with Gasteiger partial charge in [-0.3, -0.25) is 19.5 Å². The maximum Gasteiger partial charge on any atom is 0.258 e. The molecule has 2 N–H and O–H groups in total. The SMILES string of the molecule is CC(C)N1CCC(CCNC(=O)CN(C(=O)c2ccc3c(Cl)c[nH]c3c2)c2cccc3cccnc23)CC1. The van der Waals surface area contributed by atoms with Crippen molar-refractivity contribution in [2.75, 3.05) is 31.1 Å². The van der Waals surface area contributed by atoms with Gasteiger partial charge in [0.05, 0.1) is 16.2 Å². The standard InChI is InChI=1S/C30H34ClN5O2/c1-20(2)35-15-11-21(12-16-35)10-14-32-28(37)19-36(27-7-3-5-22-6-4-13-33-29(22)27)30(38)23-8-9-24-25(31)18-34-26(24)17-23/h3-9,13,17-18,20-21,34H,10-12,14-16,19H2,1-2H3,(H,32,37). The maximum absolute atomic E-state index is 13.8. The Balaban J connectivity index is 1.32. The van der Waals surface area contributed by atoms with Crippen LogP contribution in [0.4, 0.5) is 5.69 Å². The van der Waals surface area contributed by atoms with Gasteiger partial charge in [-0.1, -0.05) is 35.9 Å². The van der Waals surface area contributed by atoms with Crippen molar-refractivity contribution in [2.45, 2.75) is 39.2 Å². The molecule has 5 rings (SSSR count). The minimum atomic E-state index is -0.271. The van der Waals surface area contributed by atoms with Crippen LogP contribution in [-0.2, 0) is 4.79 Å². The first kappa shape index (κ1) is 26.2. The van der Waals surface area contributed by atoms with Gasteiger partial charge in [-0.25, -0.2) is 0 Å². The molecule has 0 spiro atoms. The summed E-state index contributed by atoms with van der Waals surface area (Å²) in [6, 6.07) is 15.4. The first-order chi connectivity index (χ1) is 18.4. The molecule has 0 bridgehead atoms. The van der Waals surface area contributed by atoms with E-state index in [2.05, 4.69) is 34.0 Å². The number of amides is 2. The second-order valence-electron chi connectivity index (χ2n) is 10.4. The molecule has 198 valence electrons. The molecule has 2 aromatic carbocycles. The van der Waals surface area contributed by atoms with Crippen LogP contribution in [0.25, 0.3) is 21.8 Å². The van der Waals surface area contributed by atoms with Crippen LogP contribution in [0.3, 0.4) is 0 Å². The lowest BCUT2D eigenvalue weighted by Gasteiger charge is -2.34. The van der Waals surface area contributed by atoms with E-state index in [1.807, 2.05) is 36.4 Å². The predicted molar refractivity (Wildman–Crippen MR) is 154 cm³/mol. The smallest absolute Gasteiger partial charge is 0.258 e. The van der Waals surface area contributed by atoms with Crippen LogP contribution in [0, 0.1) is 5.92 Å². The van der Waals surface area contributed by atoms with E-state index < -0.39 is 0 Å². The molecule has 38 heavy (non-hydrogen) atoms. The molecule has 0 atom stereocenters. The number of H-pyrrole nitrogens is 1. The van der Waals surface area contributed by atoms with Gasteiger partial charge in [0, 0.05) is 46.8 Å². The van der Waals surface area contributed by atoms with Crippen LogP contribution in [0.1, 0.15) is 43.5 Å². The van der Waals surface area contributed by atoms with E-state index in [9.17, 15) is 9.59 Å². The highest BCUT2D eigenvalue weighted by Crippen LogP contribution is 2.28. The lowest BCUT2D eigenvalue weighted by Crippen LogP contribution is -2.42. The van der Waals surface area contributed by atoms with Crippen LogP contribution in [0.5, 0.6) is 0 Å². The van der Waals surface area contributed by atoms with E-state index in [-0.39, 0.29) is 18.4 Å². The first-order valence-electron chi connectivity index (χ1n) is 13.3. The number of nitrogens with zero attached hydrogens (tertiary/aromatic N) is 3. The molecule has 8 heteroatoms. The Hall–Kier alpha value is -3.42. The highest BCUT2D eigenvalue weighted by Gasteiger charge is 2.24. The molecule has 1 saturated heterocycles. The second-order valence-corrected chi connectivity index (χ2v) is 10.8. The number of nitrogens with one attached hydrogen (secondary N) is 2. The minimum Gasteiger partial charge on any atom is -0.360 e. The summed E-state index contributed by atoms with van der Waals surface area (Å²) in [5.41, 5.74) is 2.52. The van der Waals surface area contributed by atoms with E-state index in [1.165, 1.54) is 4.90 Å². The fraction of sp³-hybridized carbons (Fsp3) is 0.367. The maximum atomic E-state index is 13.8. The van der Waals surface area contributed by atoms with Crippen molar-refractivity contribution in [1.29, 1.82) is 0 Å². The van der Waals surface area contributed by atoms with Crippen molar-refractivity contribution in [2.24, 2.45) is 5.92 Å². The van der Waals surface area contributed by atoms with Crippen LogP contribution in [0.15, 0.2) is 60.9 Å². The average Bonchev–Trinajstić information content (AvgIpc) is 3.31. The monoisotopic (exact) mass is 531 g/mol. The van der Waals surface area contributed by atoms with Crippen molar-refractivity contribution in [1.82, 2.24) is 20.2 Å². The predicted octanol–water partition coefficient (Wildman–Crippen LogP) is 5.64. The third kappa shape index (κ3) is 5.69. The van der Waals surface area contributed by atoms with Crippen LogP contribution >= 0.6 is 11.6 Å². The van der Waals surface area contributed by atoms with Crippen molar-refractivity contribution >= 4 is 50.9 Å². The summed E-state index contributed by atoms with van der Waals surface area (Å²) in [5, 5.41) is 5.41. The molecule has 7 nitrogen and oxygen atoms in total. The molecule has 0 radical (unpaired) electrons. The molecule has 0 unspecified atom stereocenters. The third-order valence-corrected chi connectivity index (χ3v) is 7.89. The quantitative estimate of drug-likeness (QED) is 0.308. The lowest BCUT2D eigenvalue weighted by molar-refractivity contribution is -0.119. The van der Waals surface area contributed by atoms with Crippen LogP contribution in [-0.4, -0.2) is 58.9 Å². The molecular formula is C30H34ClN5O2. The van der Waals surface area contributed by atoms with Crippen molar-refractivity contribution in [3.63, 3.8) is 0 Å². The summed E-state index contributed by atoms with van der Waals surface area (Å²) in [7, 11) is 0. The molecular weight excluding hydrogens is 498 g/mol. The average molecular weight is 532 g/mol. The van der Waals surface area contributed by atoms with Crippen molar-refractivity contribution in [3.8, 4) is 0 Å². The highest BCUT2D eigenvalue weighted by molar-refractivity contribution is 6.35. The summed E-state index contributed by atoms with van der Waals surface area (Å²) < 4.78 is 0. The number of pyridine rings is 1. The Labute approximate surface area is 228 Å². The number of fused-ring (bicyclic) bond motifs is 2. The summed E-state index contributed by atoms with van der Waals surface area (Å²) in [6.45, 7) is 7.22. The van der Waals surface area contributed by atoms with Gasteiger partial charge in [-0.2, -0.15) is 0 Å². The van der Waals surface area contributed by atoms with Crippen LogP contribution in [0.2, 0.25) is 5.02 Å². The number of benzene rings is 2. The van der Waals surface area contributed by atoms with E-state index in [0.29, 0.717) is 40.3 Å². The number of likely N-dealkylation sites (tertiary alicyclic amines) is 1. The Morgan fingerprint density at radius 3 is 2.74 bits per heavy atom. The zero-order valence-corrected chi connectivity index (χ0v) is 22.7. The number of piperidine rings is 1. The molecule has 3 heterocycles. The van der Waals surface area contributed by atoms with E-state index in [1.54, 1.807) is 24.5 Å². The molecule has 4 aromatic rings.